The van der Waals surface area contributed by atoms with Gasteiger partial charge in [-0.1, -0.05) is 0 Å². The van der Waals surface area contributed by atoms with Gasteiger partial charge in [0.15, 0.2) is 29.3 Å². The lowest BCUT2D eigenvalue weighted by Gasteiger charge is -2.42. The molecule has 0 radical (unpaired) electrons. The summed E-state index contributed by atoms with van der Waals surface area (Å²) >= 11 is 0. The van der Waals surface area contributed by atoms with Crippen LogP contribution >= 0.6 is 0 Å². The number of ether oxygens (including phenoxy) is 4. The van der Waals surface area contributed by atoms with Gasteiger partial charge in [-0.15, -0.1) is 0 Å². The van der Waals surface area contributed by atoms with Gasteiger partial charge in [0.25, 0.3) is 0 Å². The van der Waals surface area contributed by atoms with Gasteiger partial charge in [0.05, 0.1) is 24.3 Å². The van der Waals surface area contributed by atoms with Gasteiger partial charge in [-0.25, -0.2) is 4.42 Å². The van der Waals surface area contributed by atoms with Crippen LogP contribution in [0.15, 0.2) is 34.7 Å². The molecule has 2 fully saturated rings. The minimum Gasteiger partial charge on any atom is -1.00 e. The van der Waals surface area contributed by atoms with Gasteiger partial charge in [-0.2, -0.15) is 0 Å². The van der Waals surface area contributed by atoms with E-state index in [4.69, 9.17) is 23.4 Å². The second kappa shape index (κ2) is 12.9. The monoisotopic (exact) mass is 646 g/mol. The quantitative estimate of drug-likeness (QED) is 0.0898. The fourth-order valence-electron chi connectivity index (χ4n) is 4.79. The van der Waals surface area contributed by atoms with Crippen LogP contribution in [-0.2, 0) is 14.2 Å². The predicted molar refractivity (Wildman–Crippen MR) is 140 cm³/mol. The molecule has 0 amide bonds. The fraction of sp³-hybridized carbons (Fsp3) is 0.444. The highest BCUT2D eigenvalue weighted by molar-refractivity contribution is 5.91. The number of hydrogen-bond donors (Lipinski definition) is 11. The van der Waals surface area contributed by atoms with E-state index in [0.717, 1.165) is 24.3 Å². The lowest BCUT2D eigenvalue weighted by molar-refractivity contribution is -0.318. The van der Waals surface area contributed by atoms with Crippen molar-refractivity contribution in [2.75, 3.05) is 6.61 Å². The molecule has 5 rings (SSSR count). The molecule has 16 nitrogen and oxygen atoms in total. The Morgan fingerprint density at radius 3 is 2.05 bits per heavy atom. The second-order valence-corrected chi connectivity index (χ2v) is 10.3. The number of phenols is 5. The molecule has 2 aliphatic heterocycles. The number of aliphatic hydroxyl groups excluding tert-OH is 6. The maximum absolute atomic E-state index is 10.7. The van der Waals surface area contributed by atoms with Gasteiger partial charge in [0.2, 0.25) is 17.8 Å². The van der Waals surface area contributed by atoms with E-state index >= 15 is 0 Å². The molecule has 10 atom stereocenters. The van der Waals surface area contributed by atoms with Crippen molar-refractivity contribution in [3.8, 4) is 45.8 Å². The summed E-state index contributed by atoms with van der Waals surface area (Å²) in [5, 5.41) is 112. The zero-order valence-electron chi connectivity index (χ0n) is 22.7. The largest absolute Gasteiger partial charge is 1.00 e. The fourth-order valence-corrected chi connectivity index (χ4v) is 4.79. The lowest BCUT2D eigenvalue weighted by atomic mass is 9.98. The summed E-state index contributed by atoms with van der Waals surface area (Å²) < 4.78 is 28.1. The number of hydrogen-bond acceptors (Lipinski definition) is 15. The second-order valence-electron chi connectivity index (χ2n) is 10.3. The molecule has 11 N–H and O–H groups in total. The van der Waals surface area contributed by atoms with Gasteiger partial charge in [0, 0.05) is 12.1 Å². The van der Waals surface area contributed by atoms with Crippen LogP contribution in [0.4, 0.5) is 0 Å². The zero-order chi connectivity index (χ0) is 31.3. The maximum atomic E-state index is 10.7. The first-order chi connectivity index (χ1) is 20.3. The van der Waals surface area contributed by atoms with E-state index in [1.54, 1.807) is 0 Å². The molecule has 2 aromatic carbocycles. The minimum atomic E-state index is -1.88. The Morgan fingerprint density at radius 2 is 1.36 bits per heavy atom. The van der Waals surface area contributed by atoms with Crippen molar-refractivity contribution in [2.24, 2.45) is 0 Å². The first-order valence-electron chi connectivity index (χ1n) is 13.0. The van der Waals surface area contributed by atoms with E-state index in [1.165, 1.54) is 13.0 Å². The third kappa shape index (κ3) is 6.09. The molecule has 1 aromatic heterocycles. The van der Waals surface area contributed by atoms with Crippen molar-refractivity contribution < 1.29 is 91.9 Å². The van der Waals surface area contributed by atoms with Crippen LogP contribution in [0.1, 0.15) is 6.92 Å². The number of aromatic hydroxyl groups is 5. The molecule has 0 spiro atoms. The molecule has 0 aliphatic carbocycles. The molecular weight excluding hydrogens is 616 g/mol. The van der Waals surface area contributed by atoms with Crippen molar-refractivity contribution in [1.82, 2.24) is 0 Å². The number of fused-ring (bicyclic) bond motifs is 1. The van der Waals surface area contributed by atoms with Crippen molar-refractivity contribution in [3.05, 3.63) is 30.3 Å². The molecular formula is C27H31ClO16. The maximum Gasteiger partial charge on any atom is 0.402 e. The van der Waals surface area contributed by atoms with E-state index in [2.05, 4.69) is 0 Å². The summed E-state index contributed by atoms with van der Waals surface area (Å²) in [5.74, 6) is -3.84. The van der Waals surface area contributed by atoms with Crippen LogP contribution < -0.4 is 17.1 Å². The molecule has 2 saturated heterocycles. The molecule has 3 aromatic rings. The van der Waals surface area contributed by atoms with Crippen molar-refractivity contribution in [3.63, 3.8) is 0 Å². The molecule has 242 valence electrons. The molecule has 1 unspecified atom stereocenters. The SMILES string of the molecule is C[C@@H]1O[C@@H](OC[C@H]2OC(Oc3cc4c(O)c(O)c(O)cc4[o+]c3-c3ccc(O)c(O)c3)[C@H](O)[C@@H](O)[C@@H]2O)[C@H](O)[C@H](O)[C@H]1O.[Cl-]. The zero-order valence-corrected chi connectivity index (χ0v) is 23.5. The predicted octanol–water partition coefficient (Wildman–Crippen LogP) is -4.06. The van der Waals surface area contributed by atoms with E-state index in [-0.39, 0.29) is 40.4 Å². The average Bonchev–Trinajstić information content (AvgIpc) is 2.98. The third-order valence-electron chi connectivity index (χ3n) is 7.35. The van der Waals surface area contributed by atoms with Crippen molar-refractivity contribution in [2.45, 2.75) is 68.3 Å². The van der Waals surface area contributed by atoms with Crippen LogP contribution in [0.25, 0.3) is 22.3 Å². The highest BCUT2D eigenvalue weighted by atomic mass is 35.5. The number of halogens is 1. The number of phenolic OH excluding ortho intramolecular Hbond substituents is 5. The van der Waals surface area contributed by atoms with Crippen molar-refractivity contribution >= 4 is 11.0 Å². The Morgan fingerprint density at radius 1 is 0.705 bits per heavy atom. The van der Waals surface area contributed by atoms with Gasteiger partial charge in [-0.3, -0.25) is 0 Å². The Balaban J connectivity index is 0.00000442. The van der Waals surface area contributed by atoms with E-state index in [1.807, 2.05) is 0 Å². The Bertz CT molecular complexity index is 1490. The lowest BCUT2D eigenvalue weighted by Crippen LogP contribution is -3.00. The minimum absolute atomic E-state index is 0. The summed E-state index contributed by atoms with van der Waals surface area (Å²) in [6.45, 7) is 0.877. The van der Waals surface area contributed by atoms with Gasteiger partial charge in [0.1, 0.15) is 48.1 Å². The molecule has 3 heterocycles. The van der Waals surface area contributed by atoms with Crippen molar-refractivity contribution in [1.29, 1.82) is 0 Å². The first-order valence-corrected chi connectivity index (χ1v) is 13.0. The molecule has 17 heteroatoms. The summed E-state index contributed by atoms with van der Waals surface area (Å²) in [6.07, 6.45) is -15.6. The molecule has 0 saturated carbocycles. The Hall–Kier alpha value is -3.42. The standard InChI is InChI=1S/C27H30O16.ClH/c1-8-17(31)21(35)23(37)26(40-8)39-7-16-20(34)22(36)24(38)27(43-16)42-15-5-10-14(6-13(30)19(33)18(10)32)41-25(15)9-2-3-11(28)12(29)4-9;/h2-6,8,16-17,20-24,26-27,31,34-38H,7H2,1H3,(H4-,28,29,30,32,33);1H/t8-,16+,17-,20+,21+,22-,23+,24+,26+,27?;/m0./s1. The summed E-state index contributed by atoms with van der Waals surface area (Å²) in [5.41, 5.74) is -0.0505. The molecule has 0 bridgehead atoms. The molecule has 2 aliphatic rings. The highest BCUT2D eigenvalue weighted by Gasteiger charge is 2.48. The number of rotatable bonds is 6. The van der Waals surface area contributed by atoms with E-state index in [0.29, 0.717) is 0 Å². The Kier molecular flexibility index (Phi) is 9.81. The smallest absolute Gasteiger partial charge is 0.402 e. The number of benzene rings is 2. The molecule has 44 heavy (non-hydrogen) atoms. The summed E-state index contributed by atoms with van der Waals surface area (Å²) in [6, 6.07) is 5.70. The third-order valence-corrected chi connectivity index (χ3v) is 7.35. The topological polar surface area (TPSA) is 271 Å². The highest BCUT2D eigenvalue weighted by Crippen LogP contribution is 2.46. The Labute approximate surface area is 254 Å². The van der Waals surface area contributed by atoms with Gasteiger partial charge < -0.3 is 87.5 Å². The van der Waals surface area contributed by atoms with Crippen LogP contribution in [0.3, 0.4) is 0 Å². The van der Waals surface area contributed by atoms with Gasteiger partial charge in [-0.05, 0) is 19.1 Å². The van der Waals surface area contributed by atoms with E-state index < -0.39 is 96.8 Å². The van der Waals surface area contributed by atoms with Crippen LogP contribution in [0.2, 0.25) is 0 Å². The van der Waals surface area contributed by atoms with Crippen LogP contribution in [-0.4, -0.2) is 124 Å². The normalized spacial score (nSPS) is 32.2. The van der Waals surface area contributed by atoms with Crippen LogP contribution in [0, 0.1) is 0 Å². The van der Waals surface area contributed by atoms with E-state index in [9.17, 15) is 56.2 Å². The van der Waals surface area contributed by atoms with Crippen LogP contribution in [0.5, 0.6) is 34.5 Å². The summed E-state index contributed by atoms with van der Waals surface area (Å²) in [7, 11) is 0. The first kappa shape index (κ1) is 33.5. The number of aliphatic hydroxyl groups is 6. The van der Waals surface area contributed by atoms with Gasteiger partial charge >= 0.3 is 11.3 Å². The summed E-state index contributed by atoms with van der Waals surface area (Å²) in [4.78, 5) is 0. The average molecular weight is 647 g/mol.